The first-order chi connectivity index (χ1) is 5.34. The van der Waals surface area contributed by atoms with Gasteiger partial charge in [0.15, 0.2) is 0 Å². The first kappa shape index (κ1) is 6.70. The normalized spacial score (nSPS) is 39.1. The lowest BCUT2D eigenvalue weighted by Gasteiger charge is -1.96. The molecular formula is C7H7NO3. The van der Waals surface area contributed by atoms with Gasteiger partial charge in [0.05, 0.1) is 19.1 Å². The van der Waals surface area contributed by atoms with Gasteiger partial charge in [-0.25, -0.2) is 4.79 Å². The number of aliphatic imine (C=N–C) groups is 1. The van der Waals surface area contributed by atoms with Gasteiger partial charge in [-0.2, -0.15) is 0 Å². The van der Waals surface area contributed by atoms with Gasteiger partial charge in [0.25, 0.3) is 5.91 Å². The standard InChI is InChI=1S/C7H7NO3/c9-3-8-7(10)6-4-1-11-2-5(4)6/h4-6H,1-2H2. The summed E-state index contributed by atoms with van der Waals surface area (Å²) in [7, 11) is 0. The van der Waals surface area contributed by atoms with E-state index in [-0.39, 0.29) is 11.8 Å². The van der Waals surface area contributed by atoms with Gasteiger partial charge in [-0.15, -0.1) is 4.99 Å². The summed E-state index contributed by atoms with van der Waals surface area (Å²) in [6.07, 6.45) is 1.26. The predicted octanol–water partition coefficient (Wildman–Crippen LogP) is -0.259. The highest BCUT2D eigenvalue weighted by atomic mass is 16.5. The maximum atomic E-state index is 10.9. The number of carbonyl (C=O) groups excluding carboxylic acids is 2. The molecule has 1 amide bonds. The van der Waals surface area contributed by atoms with Crippen molar-refractivity contribution in [2.45, 2.75) is 0 Å². The average molecular weight is 153 g/mol. The number of ether oxygens (including phenoxy) is 1. The largest absolute Gasteiger partial charge is 0.381 e. The van der Waals surface area contributed by atoms with E-state index in [4.69, 9.17) is 4.74 Å². The summed E-state index contributed by atoms with van der Waals surface area (Å²) in [4.78, 5) is 23.7. The third kappa shape index (κ3) is 0.914. The summed E-state index contributed by atoms with van der Waals surface area (Å²) >= 11 is 0. The molecule has 0 aromatic heterocycles. The van der Waals surface area contributed by atoms with Gasteiger partial charge in [0.1, 0.15) is 0 Å². The Morgan fingerprint density at radius 2 is 2.09 bits per heavy atom. The van der Waals surface area contributed by atoms with Crippen LogP contribution in [0.1, 0.15) is 0 Å². The fourth-order valence-electron chi connectivity index (χ4n) is 1.73. The third-order valence-electron chi connectivity index (χ3n) is 2.39. The van der Waals surface area contributed by atoms with Gasteiger partial charge in [-0.3, -0.25) is 4.79 Å². The van der Waals surface area contributed by atoms with Crippen LogP contribution < -0.4 is 0 Å². The Bertz CT molecular complexity index is 234. The summed E-state index contributed by atoms with van der Waals surface area (Å²) in [5.41, 5.74) is 0. The van der Waals surface area contributed by atoms with Crippen LogP contribution in [0.5, 0.6) is 0 Å². The van der Waals surface area contributed by atoms with E-state index >= 15 is 0 Å². The van der Waals surface area contributed by atoms with E-state index in [1.165, 1.54) is 6.08 Å². The van der Waals surface area contributed by atoms with Crippen LogP contribution in [0.2, 0.25) is 0 Å². The maximum absolute atomic E-state index is 10.9. The minimum absolute atomic E-state index is 0.0369. The van der Waals surface area contributed by atoms with Crippen LogP contribution in [0.3, 0.4) is 0 Å². The van der Waals surface area contributed by atoms with Crippen molar-refractivity contribution in [3.8, 4) is 0 Å². The Labute approximate surface area is 63.2 Å². The van der Waals surface area contributed by atoms with Gasteiger partial charge in [-0.05, 0) is 0 Å². The molecule has 2 unspecified atom stereocenters. The molecule has 58 valence electrons. The molecule has 0 bridgehead atoms. The van der Waals surface area contributed by atoms with Gasteiger partial charge < -0.3 is 4.74 Å². The summed E-state index contributed by atoms with van der Waals surface area (Å²) < 4.78 is 5.07. The summed E-state index contributed by atoms with van der Waals surface area (Å²) in [6.45, 7) is 1.30. The molecular weight excluding hydrogens is 146 g/mol. The average Bonchev–Trinajstić information content (AvgIpc) is 2.47. The molecule has 2 atom stereocenters. The monoisotopic (exact) mass is 153 g/mol. The number of carbonyl (C=O) groups is 1. The molecule has 1 aliphatic heterocycles. The second-order valence-corrected chi connectivity index (χ2v) is 2.93. The van der Waals surface area contributed by atoms with E-state index < -0.39 is 0 Å². The van der Waals surface area contributed by atoms with Gasteiger partial charge in [0.2, 0.25) is 6.08 Å². The number of nitrogens with zero attached hydrogens (tertiary/aromatic N) is 1. The van der Waals surface area contributed by atoms with Gasteiger partial charge in [0, 0.05) is 11.8 Å². The number of fused-ring (bicyclic) bond motifs is 1. The maximum Gasteiger partial charge on any atom is 0.260 e. The lowest BCUT2D eigenvalue weighted by molar-refractivity contribution is -0.120. The molecule has 2 aliphatic rings. The highest BCUT2D eigenvalue weighted by molar-refractivity contribution is 5.86. The number of amides is 1. The number of hydrogen-bond acceptors (Lipinski definition) is 3. The second-order valence-electron chi connectivity index (χ2n) is 2.93. The first-order valence-electron chi connectivity index (χ1n) is 3.54. The zero-order valence-corrected chi connectivity index (χ0v) is 5.82. The minimum Gasteiger partial charge on any atom is -0.381 e. The van der Waals surface area contributed by atoms with Crippen LogP contribution in [0.15, 0.2) is 4.99 Å². The van der Waals surface area contributed by atoms with Crippen molar-refractivity contribution in [2.75, 3.05) is 13.2 Å². The van der Waals surface area contributed by atoms with Crippen molar-refractivity contribution in [1.29, 1.82) is 0 Å². The molecule has 2 rings (SSSR count). The molecule has 2 fully saturated rings. The van der Waals surface area contributed by atoms with E-state index in [2.05, 4.69) is 4.99 Å². The Balaban J connectivity index is 2.00. The van der Waals surface area contributed by atoms with Crippen molar-refractivity contribution < 1.29 is 14.3 Å². The molecule has 0 radical (unpaired) electrons. The molecule has 1 saturated carbocycles. The predicted molar refractivity (Wildman–Crippen MR) is 34.4 cm³/mol. The first-order valence-corrected chi connectivity index (χ1v) is 3.54. The Morgan fingerprint density at radius 1 is 1.45 bits per heavy atom. The van der Waals surface area contributed by atoms with E-state index in [0.717, 1.165) is 0 Å². The van der Waals surface area contributed by atoms with Gasteiger partial charge in [-0.1, -0.05) is 0 Å². The van der Waals surface area contributed by atoms with Crippen molar-refractivity contribution >= 4 is 12.0 Å². The Hall–Kier alpha value is -0.990. The summed E-state index contributed by atoms with van der Waals surface area (Å²) in [5, 5.41) is 0. The molecule has 0 N–H and O–H groups in total. The number of isocyanates is 1. The summed E-state index contributed by atoms with van der Waals surface area (Å²) in [5.74, 6) is 0.308. The molecule has 1 aliphatic carbocycles. The van der Waals surface area contributed by atoms with E-state index in [9.17, 15) is 9.59 Å². The van der Waals surface area contributed by atoms with Crippen LogP contribution in [0.4, 0.5) is 0 Å². The van der Waals surface area contributed by atoms with Crippen LogP contribution >= 0.6 is 0 Å². The molecule has 1 saturated heterocycles. The topological polar surface area (TPSA) is 55.7 Å². The van der Waals surface area contributed by atoms with Crippen molar-refractivity contribution in [3.05, 3.63) is 0 Å². The van der Waals surface area contributed by atoms with Crippen molar-refractivity contribution in [3.63, 3.8) is 0 Å². The molecule has 0 aromatic carbocycles. The zero-order valence-electron chi connectivity index (χ0n) is 5.82. The molecule has 0 spiro atoms. The van der Waals surface area contributed by atoms with Crippen molar-refractivity contribution in [1.82, 2.24) is 0 Å². The second kappa shape index (κ2) is 2.26. The lowest BCUT2D eigenvalue weighted by Crippen LogP contribution is -2.06. The van der Waals surface area contributed by atoms with Crippen LogP contribution in [0.25, 0.3) is 0 Å². The van der Waals surface area contributed by atoms with E-state index in [1.54, 1.807) is 0 Å². The SMILES string of the molecule is O=C=NC(=O)C1C2COCC21. The number of hydrogen-bond donors (Lipinski definition) is 0. The molecule has 4 heteroatoms. The molecule has 4 nitrogen and oxygen atoms in total. The highest BCUT2D eigenvalue weighted by Crippen LogP contribution is 2.51. The van der Waals surface area contributed by atoms with E-state index in [1.807, 2.05) is 0 Å². The summed E-state index contributed by atoms with van der Waals surface area (Å²) in [6, 6.07) is 0. The smallest absolute Gasteiger partial charge is 0.260 e. The van der Waals surface area contributed by atoms with Gasteiger partial charge >= 0.3 is 0 Å². The lowest BCUT2D eigenvalue weighted by atomic mass is 10.3. The van der Waals surface area contributed by atoms with E-state index in [0.29, 0.717) is 25.0 Å². The zero-order chi connectivity index (χ0) is 7.84. The molecule has 0 aromatic rings. The van der Waals surface area contributed by atoms with Crippen molar-refractivity contribution in [2.24, 2.45) is 22.7 Å². The number of rotatable bonds is 1. The van der Waals surface area contributed by atoms with Crippen LogP contribution in [0, 0.1) is 17.8 Å². The minimum atomic E-state index is -0.321. The van der Waals surface area contributed by atoms with Crippen LogP contribution in [-0.4, -0.2) is 25.2 Å². The Kier molecular flexibility index (Phi) is 1.37. The molecule has 1 heterocycles. The van der Waals surface area contributed by atoms with Crippen LogP contribution in [-0.2, 0) is 14.3 Å². The molecule has 11 heavy (non-hydrogen) atoms. The quantitative estimate of drug-likeness (QED) is 0.385. The third-order valence-corrected chi connectivity index (χ3v) is 2.39. The fourth-order valence-corrected chi connectivity index (χ4v) is 1.73. The Morgan fingerprint density at radius 3 is 2.64 bits per heavy atom. The fraction of sp³-hybridized carbons (Fsp3) is 0.714. The highest BCUT2D eigenvalue weighted by Gasteiger charge is 2.58.